The van der Waals surface area contributed by atoms with Crippen LogP contribution in [0.2, 0.25) is 0 Å². The topological polar surface area (TPSA) is 50.7 Å². The van der Waals surface area contributed by atoms with Gasteiger partial charge >= 0.3 is 0 Å². The van der Waals surface area contributed by atoms with Crippen molar-refractivity contribution in [3.05, 3.63) is 0 Å². The molecule has 2 rings (SSSR count). The molecule has 4 nitrogen and oxygen atoms in total. The van der Waals surface area contributed by atoms with E-state index in [2.05, 4.69) is 5.48 Å². The highest BCUT2D eigenvalue weighted by Crippen LogP contribution is 2.33. The number of hydrogen-bond acceptors (Lipinski definition) is 4. The zero-order valence-electron chi connectivity index (χ0n) is 7.08. The quantitative estimate of drug-likeness (QED) is 0.593. The summed E-state index contributed by atoms with van der Waals surface area (Å²) < 4.78 is 5.11. The summed E-state index contributed by atoms with van der Waals surface area (Å²) in [6.07, 6.45) is 3.93. The number of hydroxylamine groups is 1. The van der Waals surface area contributed by atoms with Crippen LogP contribution in [0.3, 0.4) is 0 Å². The summed E-state index contributed by atoms with van der Waals surface area (Å²) in [5.41, 5.74) is 2.23. The molecule has 1 saturated heterocycles. The van der Waals surface area contributed by atoms with Crippen LogP contribution in [0.5, 0.6) is 0 Å². The molecular formula is C8H15NO3. The lowest BCUT2D eigenvalue weighted by atomic mass is 9.93. The minimum Gasteiger partial charge on any atom is -0.388 e. The van der Waals surface area contributed by atoms with Crippen LogP contribution < -0.4 is 5.48 Å². The number of nitrogens with one attached hydrogen (secondary N) is 1. The fourth-order valence-electron chi connectivity index (χ4n) is 1.98. The third kappa shape index (κ3) is 1.47. The molecule has 0 aromatic rings. The SMILES string of the molecule is OC1([C@H]2COCON2)CCCC1. The molecule has 70 valence electrons. The van der Waals surface area contributed by atoms with Crippen molar-refractivity contribution in [3.8, 4) is 0 Å². The maximum absolute atomic E-state index is 10.1. The van der Waals surface area contributed by atoms with Crippen molar-refractivity contribution in [1.82, 2.24) is 5.48 Å². The highest BCUT2D eigenvalue weighted by molar-refractivity contribution is 4.94. The second-order valence-corrected chi connectivity index (χ2v) is 3.61. The predicted octanol–water partition coefficient (Wildman–Crippen LogP) is 0.169. The van der Waals surface area contributed by atoms with Gasteiger partial charge in [-0.3, -0.25) is 4.84 Å². The first-order valence-electron chi connectivity index (χ1n) is 4.49. The van der Waals surface area contributed by atoms with E-state index in [0.29, 0.717) is 6.61 Å². The van der Waals surface area contributed by atoms with Crippen LogP contribution in [-0.4, -0.2) is 30.1 Å². The van der Waals surface area contributed by atoms with Gasteiger partial charge in [0, 0.05) is 0 Å². The maximum Gasteiger partial charge on any atom is 0.166 e. The van der Waals surface area contributed by atoms with Gasteiger partial charge in [-0.25, -0.2) is 0 Å². The summed E-state index contributed by atoms with van der Waals surface area (Å²) in [6, 6.07) is -0.0475. The molecule has 4 heteroatoms. The second kappa shape index (κ2) is 3.30. The van der Waals surface area contributed by atoms with Crippen molar-refractivity contribution < 1.29 is 14.7 Å². The lowest BCUT2D eigenvalue weighted by molar-refractivity contribution is -0.199. The highest BCUT2D eigenvalue weighted by atomic mass is 16.8. The number of rotatable bonds is 1. The summed E-state index contributed by atoms with van der Waals surface area (Å²) in [6.45, 7) is 0.836. The molecule has 0 amide bonds. The Kier molecular flexibility index (Phi) is 2.32. The van der Waals surface area contributed by atoms with Gasteiger partial charge in [-0.05, 0) is 12.8 Å². The maximum atomic E-state index is 10.1. The Hall–Kier alpha value is -0.160. The third-order valence-electron chi connectivity index (χ3n) is 2.77. The Bertz CT molecular complexity index is 150. The Balaban J connectivity index is 1.96. The van der Waals surface area contributed by atoms with E-state index >= 15 is 0 Å². The lowest BCUT2D eigenvalue weighted by Crippen LogP contribution is -2.54. The van der Waals surface area contributed by atoms with Crippen molar-refractivity contribution in [2.24, 2.45) is 0 Å². The fourth-order valence-corrected chi connectivity index (χ4v) is 1.98. The van der Waals surface area contributed by atoms with E-state index in [9.17, 15) is 5.11 Å². The van der Waals surface area contributed by atoms with E-state index in [1.807, 2.05) is 0 Å². The first-order chi connectivity index (χ1) is 5.81. The molecule has 2 N–H and O–H groups in total. The van der Waals surface area contributed by atoms with Crippen LogP contribution in [0.1, 0.15) is 25.7 Å². The summed E-state index contributed by atoms with van der Waals surface area (Å²) in [4.78, 5) is 4.93. The molecule has 2 fully saturated rings. The van der Waals surface area contributed by atoms with E-state index in [1.165, 1.54) is 0 Å². The van der Waals surface area contributed by atoms with E-state index in [4.69, 9.17) is 9.57 Å². The summed E-state index contributed by atoms with van der Waals surface area (Å²) in [5.74, 6) is 0. The minimum absolute atomic E-state index is 0.0475. The summed E-state index contributed by atoms with van der Waals surface area (Å²) in [5, 5.41) is 10.1. The van der Waals surface area contributed by atoms with E-state index < -0.39 is 5.60 Å². The van der Waals surface area contributed by atoms with Crippen molar-refractivity contribution in [3.63, 3.8) is 0 Å². The van der Waals surface area contributed by atoms with E-state index in [0.717, 1.165) is 25.7 Å². The standard InChI is InChI=1S/C8H15NO3/c10-8(3-1-2-4-8)7-5-11-6-12-9-7/h7,9-10H,1-6H2/t7-/m1/s1. The van der Waals surface area contributed by atoms with Crippen LogP contribution in [0.15, 0.2) is 0 Å². The van der Waals surface area contributed by atoms with Gasteiger partial charge in [0.05, 0.1) is 18.2 Å². The molecule has 0 aromatic heterocycles. The molecule has 1 saturated carbocycles. The fraction of sp³-hybridized carbons (Fsp3) is 1.00. The van der Waals surface area contributed by atoms with E-state index in [1.54, 1.807) is 0 Å². The van der Waals surface area contributed by atoms with Gasteiger partial charge < -0.3 is 9.84 Å². The van der Waals surface area contributed by atoms with Crippen molar-refractivity contribution in [2.75, 3.05) is 13.4 Å². The molecular weight excluding hydrogens is 158 g/mol. The number of ether oxygens (including phenoxy) is 1. The molecule has 1 aliphatic heterocycles. The lowest BCUT2D eigenvalue weighted by Gasteiger charge is -2.35. The Morgan fingerprint density at radius 1 is 1.33 bits per heavy atom. The zero-order chi connectivity index (χ0) is 8.44. The van der Waals surface area contributed by atoms with Gasteiger partial charge in [0.2, 0.25) is 0 Å². The third-order valence-corrected chi connectivity index (χ3v) is 2.77. The highest BCUT2D eigenvalue weighted by Gasteiger charge is 2.40. The molecule has 0 unspecified atom stereocenters. The monoisotopic (exact) mass is 173 g/mol. The van der Waals surface area contributed by atoms with Crippen molar-refractivity contribution >= 4 is 0 Å². The Morgan fingerprint density at radius 3 is 2.67 bits per heavy atom. The number of aliphatic hydroxyl groups is 1. The summed E-state index contributed by atoms with van der Waals surface area (Å²) >= 11 is 0. The molecule has 0 spiro atoms. The van der Waals surface area contributed by atoms with Gasteiger partial charge in [0.1, 0.15) is 0 Å². The average Bonchev–Trinajstić information content (AvgIpc) is 2.55. The minimum atomic E-state index is -0.597. The average molecular weight is 173 g/mol. The van der Waals surface area contributed by atoms with Crippen LogP contribution in [0.25, 0.3) is 0 Å². The molecule has 1 heterocycles. The summed E-state index contributed by atoms with van der Waals surface area (Å²) in [7, 11) is 0. The van der Waals surface area contributed by atoms with Gasteiger partial charge in [0.15, 0.2) is 6.79 Å². The van der Waals surface area contributed by atoms with Crippen molar-refractivity contribution in [1.29, 1.82) is 0 Å². The van der Waals surface area contributed by atoms with Crippen LogP contribution in [0.4, 0.5) is 0 Å². The Morgan fingerprint density at radius 2 is 2.08 bits per heavy atom. The smallest absolute Gasteiger partial charge is 0.166 e. The molecule has 1 atom stereocenters. The van der Waals surface area contributed by atoms with Gasteiger partial charge in [0.25, 0.3) is 0 Å². The molecule has 0 radical (unpaired) electrons. The molecule has 2 aliphatic rings. The zero-order valence-corrected chi connectivity index (χ0v) is 7.08. The normalized spacial score (nSPS) is 35.2. The first-order valence-corrected chi connectivity index (χ1v) is 4.49. The van der Waals surface area contributed by atoms with Gasteiger partial charge in [-0.15, -0.1) is 0 Å². The van der Waals surface area contributed by atoms with E-state index in [-0.39, 0.29) is 12.8 Å². The molecule has 0 aromatic carbocycles. The molecule has 12 heavy (non-hydrogen) atoms. The molecule has 1 aliphatic carbocycles. The van der Waals surface area contributed by atoms with Gasteiger partial charge in [-0.2, -0.15) is 5.48 Å². The number of hydrogen-bond donors (Lipinski definition) is 2. The second-order valence-electron chi connectivity index (χ2n) is 3.61. The van der Waals surface area contributed by atoms with Gasteiger partial charge in [-0.1, -0.05) is 12.8 Å². The van der Waals surface area contributed by atoms with Crippen LogP contribution in [0, 0.1) is 0 Å². The van der Waals surface area contributed by atoms with Crippen LogP contribution >= 0.6 is 0 Å². The van der Waals surface area contributed by atoms with Crippen molar-refractivity contribution in [2.45, 2.75) is 37.3 Å². The Labute approximate surface area is 71.8 Å². The first kappa shape index (κ1) is 8.44. The molecule has 0 bridgehead atoms. The van der Waals surface area contributed by atoms with Crippen LogP contribution in [-0.2, 0) is 9.57 Å². The predicted molar refractivity (Wildman–Crippen MR) is 42.2 cm³/mol. The largest absolute Gasteiger partial charge is 0.388 e.